The Bertz CT molecular complexity index is 1310. The number of aromatic nitrogens is 1. The highest BCUT2D eigenvalue weighted by molar-refractivity contribution is 6.31. The molecule has 1 atom stereocenters. The van der Waals surface area contributed by atoms with Crippen LogP contribution in [0.25, 0.3) is 5.69 Å². The second-order valence-corrected chi connectivity index (χ2v) is 8.62. The molecule has 160 valence electrons. The molecule has 0 aliphatic carbocycles. The molecule has 1 aromatic heterocycles. The number of nitrogens with one attached hydrogen (secondary N) is 1. The lowest BCUT2D eigenvalue weighted by Crippen LogP contribution is -2.38. The van der Waals surface area contributed by atoms with Crippen LogP contribution in [0.5, 0.6) is 0 Å². The summed E-state index contributed by atoms with van der Waals surface area (Å²) in [5.41, 5.74) is 7.16. The van der Waals surface area contributed by atoms with Crippen molar-refractivity contribution in [1.82, 2.24) is 9.47 Å². The van der Waals surface area contributed by atoms with Crippen LogP contribution in [0.3, 0.4) is 0 Å². The average molecular weight is 442 g/mol. The summed E-state index contributed by atoms with van der Waals surface area (Å²) in [4.78, 5) is 15.6. The van der Waals surface area contributed by atoms with Crippen molar-refractivity contribution in [2.75, 3.05) is 5.32 Å². The van der Waals surface area contributed by atoms with Gasteiger partial charge in [-0.3, -0.25) is 0 Å². The van der Waals surface area contributed by atoms with Gasteiger partial charge in [-0.1, -0.05) is 60.1 Å². The first kappa shape index (κ1) is 20.4. The molecule has 2 amide bonds. The van der Waals surface area contributed by atoms with Gasteiger partial charge < -0.3 is 14.8 Å². The maximum Gasteiger partial charge on any atom is 0.322 e. The first-order valence-corrected chi connectivity index (χ1v) is 11.1. The molecule has 1 aliphatic heterocycles. The van der Waals surface area contributed by atoms with Crippen molar-refractivity contribution in [2.24, 2.45) is 0 Å². The van der Waals surface area contributed by atoms with Crippen LogP contribution in [0, 0.1) is 13.8 Å². The number of halogens is 1. The van der Waals surface area contributed by atoms with Gasteiger partial charge in [0.05, 0.1) is 12.2 Å². The number of carbonyl (C=O) groups excluding carboxylic acids is 1. The van der Waals surface area contributed by atoms with E-state index in [4.69, 9.17) is 11.6 Å². The van der Waals surface area contributed by atoms with E-state index in [-0.39, 0.29) is 12.1 Å². The summed E-state index contributed by atoms with van der Waals surface area (Å²) in [6, 6.07) is 25.8. The number of urea groups is 1. The van der Waals surface area contributed by atoms with Crippen molar-refractivity contribution >= 4 is 23.3 Å². The quantitative estimate of drug-likeness (QED) is 0.361. The van der Waals surface area contributed by atoms with E-state index in [1.807, 2.05) is 54.3 Å². The molecule has 1 N–H and O–H groups in total. The van der Waals surface area contributed by atoms with Crippen LogP contribution in [0.15, 0.2) is 85.1 Å². The van der Waals surface area contributed by atoms with E-state index in [1.54, 1.807) is 6.07 Å². The third-order valence-corrected chi connectivity index (χ3v) is 6.54. The highest BCUT2D eigenvalue weighted by atomic mass is 35.5. The Labute approximate surface area is 193 Å². The van der Waals surface area contributed by atoms with Crippen molar-refractivity contribution in [3.8, 4) is 5.69 Å². The van der Waals surface area contributed by atoms with E-state index in [1.165, 1.54) is 0 Å². The van der Waals surface area contributed by atoms with Gasteiger partial charge in [0.25, 0.3) is 0 Å². The van der Waals surface area contributed by atoms with Gasteiger partial charge in [0, 0.05) is 22.6 Å². The smallest absolute Gasteiger partial charge is 0.318 e. The summed E-state index contributed by atoms with van der Waals surface area (Å²) in [5.74, 6) is 0. The summed E-state index contributed by atoms with van der Waals surface area (Å²) in [6.07, 6.45) is 2.07. The minimum Gasteiger partial charge on any atom is -0.318 e. The number of nitrogens with zero attached hydrogens (tertiary/aromatic N) is 2. The molecule has 3 aromatic carbocycles. The Morgan fingerprint density at radius 1 is 0.938 bits per heavy atom. The lowest BCUT2D eigenvalue weighted by molar-refractivity contribution is 0.194. The van der Waals surface area contributed by atoms with Gasteiger partial charge in [-0.2, -0.15) is 0 Å². The van der Waals surface area contributed by atoms with Gasteiger partial charge >= 0.3 is 6.03 Å². The fourth-order valence-corrected chi connectivity index (χ4v) is 4.61. The number of aryl methyl sites for hydroxylation is 2. The molecular weight excluding hydrogens is 418 g/mol. The molecule has 5 rings (SSSR count). The maximum absolute atomic E-state index is 13.7. The fraction of sp³-hybridized carbons (Fsp3) is 0.148. The summed E-state index contributed by atoms with van der Waals surface area (Å²) < 4.78 is 2.20. The molecule has 0 fully saturated rings. The Balaban J connectivity index is 1.64. The molecule has 4 aromatic rings. The molecule has 4 nitrogen and oxygen atoms in total. The number of hydrogen-bond donors (Lipinski definition) is 1. The summed E-state index contributed by atoms with van der Waals surface area (Å²) in [5, 5.41) is 3.71. The minimum absolute atomic E-state index is 0.164. The molecule has 1 aliphatic rings. The van der Waals surface area contributed by atoms with E-state index in [9.17, 15) is 4.79 Å². The van der Waals surface area contributed by atoms with Crippen LogP contribution in [0.1, 0.15) is 34.0 Å². The second kappa shape index (κ2) is 8.21. The zero-order valence-corrected chi connectivity index (χ0v) is 18.8. The Morgan fingerprint density at radius 3 is 2.53 bits per heavy atom. The summed E-state index contributed by atoms with van der Waals surface area (Å²) >= 11 is 6.31. The number of fused-ring (bicyclic) bond motifs is 3. The highest BCUT2D eigenvalue weighted by Crippen LogP contribution is 2.38. The largest absolute Gasteiger partial charge is 0.322 e. The summed E-state index contributed by atoms with van der Waals surface area (Å²) in [6.45, 7) is 4.53. The van der Waals surface area contributed by atoms with Crippen LogP contribution in [-0.4, -0.2) is 15.5 Å². The molecule has 0 radical (unpaired) electrons. The predicted molar refractivity (Wildman–Crippen MR) is 130 cm³/mol. The topological polar surface area (TPSA) is 37.3 Å². The van der Waals surface area contributed by atoms with Crippen molar-refractivity contribution in [3.63, 3.8) is 0 Å². The molecule has 5 heteroatoms. The van der Waals surface area contributed by atoms with Crippen LogP contribution in [0.4, 0.5) is 10.5 Å². The molecular formula is C27H24ClN3O. The Hall–Kier alpha value is -3.50. The molecule has 32 heavy (non-hydrogen) atoms. The van der Waals surface area contributed by atoms with Crippen molar-refractivity contribution < 1.29 is 4.79 Å². The van der Waals surface area contributed by atoms with E-state index < -0.39 is 0 Å². The van der Waals surface area contributed by atoms with Crippen molar-refractivity contribution in [1.29, 1.82) is 0 Å². The number of carbonyl (C=O) groups is 1. The van der Waals surface area contributed by atoms with Crippen LogP contribution >= 0.6 is 11.6 Å². The summed E-state index contributed by atoms with van der Waals surface area (Å²) in [7, 11) is 0. The number of amides is 2. The van der Waals surface area contributed by atoms with E-state index in [2.05, 4.69) is 53.3 Å². The minimum atomic E-state index is -0.237. The van der Waals surface area contributed by atoms with E-state index in [0.29, 0.717) is 17.3 Å². The lowest BCUT2D eigenvalue weighted by atomic mass is 9.97. The third kappa shape index (κ3) is 3.57. The van der Waals surface area contributed by atoms with E-state index >= 15 is 0 Å². The monoisotopic (exact) mass is 441 g/mol. The van der Waals surface area contributed by atoms with Gasteiger partial charge in [-0.05, 0) is 66.4 Å². The van der Waals surface area contributed by atoms with Crippen LogP contribution in [0.2, 0.25) is 5.02 Å². The Kier molecular flexibility index (Phi) is 5.24. The number of anilines is 1. The maximum atomic E-state index is 13.7. The van der Waals surface area contributed by atoms with Crippen molar-refractivity contribution in [3.05, 3.63) is 118 Å². The molecule has 0 bridgehead atoms. The van der Waals surface area contributed by atoms with Crippen molar-refractivity contribution in [2.45, 2.75) is 26.4 Å². The SMILES string of the molecule is Cc1ccc(NC(=O)N2Cc3ccccc3-n3cccc3[C@H]2c2ccccc2C)cc1Cl. The second-order valence-electron chi connectivity index (χ2n) is 8.21. The van der Waals surface area contributed by atoms with Gasteiger partial charge in [-0.25, -0.2) is 4.79 Å². The number of benzene rings is 3. The van der Waals surface area contributed by atoms with E-state index in [0.717, 1.165) is 33.6 Å². The number of hydrogen-bond acceptors (Lipinski definition) is 1. The highest BCUT2D eigenvalue weighted by Gasteiger charge is 2.33. The molecule has 0 spiro atoms. The molecule has 0 saturated carbocycles. The third-order valence-electron chi connectivity index (χ3n) is 6.13. The predicted octanol–water partition coefficient (Wildman–Crippen LogP) is 6.88. The molecule has 0 unspecified atom stereocenters. The molecule has 2 heterocycles. The normalized spacial score (nSPS) is 15.0. The van der Waals surface area contributed by atoms with Crippen LogP contribution in [-0.2, 0) is 6.54 Å². The van der Waals surface area contributed by atoms with Gasteiger partial charge in [-0.15, -0.1) is 0 Å². The zero-order chi connectivity index (χ0) is 22.2. The first-order valence-electron chi connectivity index (χ1n) is 10.7. The zero-order valence-electron chi connectivity index (χ0n) is 18.0. The average Bonchev–Trinajstić information content (AvgIpc) is 3.21. The lowest BCUT2D eigenvalue weighted by Gasteiger charge is -2.32. The fourth-order valence-electron chi connectivity index (χ4n) is 4.43. The van der Waals surface area contributed by atoms with Gasteiger partial charge in [0.2, 0.25) is 0 Å². The number of rotatable bonds is 2. The van der Waals surface area contributed by atoms with Crippen LogP contribution < -0.4 is 5.32 Å². The van der Waals surface area contributed by atoms with Gasteiger partial charge in [0.1, 0.15) is 6.04 Å². The van der Waals surface area contributed by atoms with Gasteiger partial charge in [0.15, 0.2) is 0 Å². The number of para-hydroxylation sites is 1. The Morgan fingerprint density at radius 2 is 1.72 bits per heavy atom. The first-order chi connectivity index (χ1) is 15.5. The molecule has 0 saturated heterocycles. The standard InChI is InChI=1S/C27H24ClN3O/c1-18-8-3-5-10-22(18)26-25-12-7-15-30(25)24-11-6-4-9-20(24)17-31(26)27(32)29-21-14-13-19(2)23(28)16-21/h3-16,26H,17H2,1-2H3,(H,29,32)/t26-/m1/s1.